The van der Waals surface area contributed by atoms with Crippen LogP contribution in [0.4, 0.5) is 4.79 Å². The number of hydrogen-bond acceptors (Lipinski definition) is 3. The van der Waals surface area contributed by atoms with Crippen LogP contribution in [0.1, 0.15) is 25.3 Å². The third-order valence-electron chi connectivity index (χ3n) is 3.18. The molecule has 2 rings (SSSR count). The maximum Gasteiger partial charge on any atom is 0.325 e. The van der Waals surface area contributed by atoms with Gasteiger partial charge in [-0.3, -0.25) is 9.69 Å². The predicted molar refractivity (Wildman–Crippen MR) is 76.0 cm³/mol. The molecular formula is C14H18N2O2S. The fourth-order valence-corrected chi connectivity index (χ4v) is 2.53. The number of rotatable bonds is 5. The summed E-state index contributed by atoms with van der Waals surface area (Å²) in [6.07, 6.45) is 3.60. The lowest BCUT2D eigenvalue weighted by Gasteiger charge is -2.13. The Kier molecular flexibility index (Phi) is 4.47. The van der Waals surface area contributed by atoms with Crippen molar-refractivity contribution in [3.8, 4) is 0 Å². The first kappa shape index (κ1) is 13.9. The number of benzene rings is 1. The van der Waals surface area contributed by atoms with Crippen molar-refractivity contribution in [3.05, 3.63) is 29.8 Å². The van der Waals surface area contributed by atoms with Gasteiger partial charge in [-0.05, 0) is 30.4 Å². The SMILES string of the molecule is CCCC1NC(=O)N(Cc2ccc(SC)cc2)C1=O. The first-order valence-corrected chi connectivity index (χ1v) is 7.63. The van der Waals surface area contributed by atoms with E-state index in [2.05, 4.69) is 5.32 Å². The van der Waals surface area contributed by atoms with Gasteiger partial charge in [0.2, 0.25) is 0 Å². The highest BCUT2D eigenvalue weighted by Crippen LogP contribution is 2.18. The van der Waals surface area contributed by atoms with E-state index in [4.69, 9.17) is 0 Å². The standard InChI is InChI=1S/C14H18N2O2S/c1-3-4-12-13(17)16(14(18)15-12)9-10-5-7-11(19-2)8-6-10/h5-8,12H,3-4,9H2,1-2H3,(H,15,18). The second-order valence-corrected chi connectivity index (χ2v) is 5.44. The van der Waals surface area contributed by atoms with Crippen LogP contribution in [0.5, 0.6) is 0 Å². The Bertz CT molecular complexity index is 473. The molecule has 1 saturated heterocycles. The molecular weight excluding hydrogens is 260 g/mol. The summed E-state index contributed by atoms with van der Waals surface area (Å²) in [6, 6.07) is 7.30. The number of imide groups is 1. The van der Waals surface area contributed by atoms with Crippen LogP contribution in [0.15, 0.2) is 29.2 Å². The van der Waals surface area contributed by atoms with Crippen LogP contribution in [0.25, 0.3) is 0 Å². The Labute approximate surface area is 117 Å². The van der Waals surface area contributed by atoms with Gasteiger partial charge < -0.3 is 5.32 Å². The molecule has 1 aromatic carbocycles. The van der Waals surface area contributed by atoms with E-state index in [1.807, 2.05) is 37.4 Å². The van der Waals surface area contributed by atoms with Gasteiger partial charge in [0.15, 0.2) is 0 Å². The largest absolute Gasteiger partial charge is 0.326 e. The number of carbonyl (C=O) groups excluding carboxylic acids is 2. The van der Waals surface area contributed by atoms with Gasteiger partial charge in [-0.1, -0.05) is 25.5 Å². The third kappa shape index (κ3) is 3.10. The van der Waals surface area contributed by atoms with Crippen molar-refractivity contribution in [1.82, 2.24) is 10.2 Å². The molecule has 0 saturated carbocycles. The summed E-state index contributed by atoms with van der Waals surface area (Å²) in [6.45, 7) is 2.35. The number of amides is 3. The Morgan fingerprint density at radius 2 is 1.95 bits per heavy atom. The van der Waals surface area contributed by atoms with E-state index in [-0.39, 0.29) is 18.0 Å². The summed E-state index contributed by atoms with van der Waals surface area (Å²) in [4.78, 5) is 26.3. The van der Waals surface area contributed by atoms with Crippen molar-refractivity contribution in [2.45, 2.75) is 37.2 Å². The second-order valence-electron chi connectivity index (χ2n) is 4.56. The van der Waals surface area contributed by atoms with Crippen LogP contribution in [-0.2, 0) is 11.3 Å². The van der Waals surface area contributed by atoms with Crippen molar-refractivity contribution in [3.63, 3.8) is 0 Å². The Morgan fingerprint density at radius 3 is 2.53 bits per heavy atom. The molecule has 0 spiro atoms. The maximum absolute atomic E-state index is 12.1. The normalized spacial score (nSPS) is 18.8. The van der Waals surface area contributed by atoms with E-state index in [0.29, 0.717) is 13.0 Å². The highest BCUT2D eigenvalue weighted by Gasteiger charge is 2.36. The lowest BCUT2D eigenvalue weighted by molar-refractivity contribution is -0.128. The molecule has 3 amide bonds. The molecule has 1 heterocycles. The molecule has 0 aromatic heterocycles. The molecule has 4 nitrogen and oxygen atoms in total. The van der Waals surface area contributed by atoms with Crippen molar-refractivity contribution in [1.29, 1.82) is 0 Å². The first-order valence-electron chi connectivity index (χ1n) is 6.40. The molecule has 0 bridgehead atoms. The molecule has 1 aliphatic rings. The van der Waals surface area contributed by atoms with Crippen molar-refractivity contribution < 1.29 is 9.59 Å². The summed E-state index contributed by atoms with van der Waals surface area (Å²) in [5.41, 5.74) is 0.971. The molecule has 0 radical (unpaired) electrons. The van der Waals surface area contributed by atoms with Gasteiger partial charge in [0.05, 0.1) is 6.54 Å². The zero-order valence-electron chi connectivity index (χ0n) is 11.2. The summed E-state index contributed by atoms with van der Waals surface area (Å²) >= 11 is 1.67. The summed E-state index contributed by atoms with van der Waals surface area (Å²) < 4.78 is 0. The molecule has 1 N–H and O–H groups in total. The summed E-state index contributed by atoms with van der Waals surface area (Å²) in [5.74, 6) is -0.110. The van der Waals surface area contributed by atoms with Gasteiger partial charge in [-0.2, -0.15) is 0 Å². The Hall–Kier alpha value is -1.49. The highest BCUT2D eigenvalue weighted by molar-refractivity contribution is 7.98. The average Bonchev–Trinajstić information content (AvgIpc) is 2.68. The minimum absolute atomic E-state index is 0.110. The van der Waals surface area contributed by atoms with Gasteiger partial charge in [0.1, 0.15) is 6.04 Å². The lowest BCUT2D eigenvalue weighted by atomic mass is 10.1. The minimum Gasteiger partial charge on any atom is -0.326 e. The van der Waals surface area contributed by atoms with Crippen LogP contribution in [0.2, 0.25) is 0 Å². The first-order chi connectivity index (χ1) is 9.15. The molecule has 1 aromatic rings. The summed E-state index contributed by atoms with van der Waals surface area (Å²) in [5, 5.41) is 2.73. The molecule has 1 fully saturated rings. The Morgan fingerprint density at radius 1 is 1.26 bits per heavy atom. The predicted octanol–water partition coefficient (Wildman–Crippen LogP) is 2.63. The van der Waals surface area contributed by atoms with Crippen molar-refractivity contribution in [2.24, 2.45) is 0 Å². The van der Waals surface area contributed by atoms with E-state index < -0.39 is 0 Å². The molecule has 5 heteroatoms. The summed E-state index contributed by atoms with van der Waals surface area (Å²) in [7, 11) is 0. The zero-order valence-corrected chi connectivity index (χ0v) is 12.0. The van der Waals surface area contributed by atoms with E-state index >= 15 is 0 Å². The number of thioether (sulfide) groups is 1. The van der Waals surface area contributed by atoms with E-state index in [9.17, 15) is 9.59 Å². The fraction of sp³-hybridized carbons (Fsp3) is 0.429. The molecule has 1 unspecified atom stereocenters. The van der Waals surface area contributed by atoms with Crippen LogP contribution < -0.4 is 5.32 Å². The molecule has 19 heavy (non-hydrogen) atoms. The van der Waals surface area contributed by atoms with E-state index in [1.165, 1.54) is 9.80 Å². The van der Waals surface area contributed by atoms with Crippen LogP contribution in [0.3, 0.4) is 0 Å². The highest BCUT2D eigenvalue weighted by atomic mass is 32.2. The van der Waals surface area contributed by atoms with Crippen molar-refractivity contribution in [2.75, 3.05) is 6.26 Å². The van der Waals surface area contributed by atoms with Gasteiger partial charge in [-0.25, -0.2) is 4.79 Å². The third-order valence-corrected chi connectivity index (χ3v) is 3.93. The zero-order chi connectivity index (χ0) is 13.8. The van der Waals surface area contributed by atoms with Crippen LogP contribution >= 0.6 is 11.8 Å². The average molecular weight is 278 g/mol. The molecule has 0 aliphatic carbocycles. The number of urea groups is 1. The smallest absolute Gasteiger partial charge is 0.325 e. The number of carbonyl (C=O) groups is 2. The second kappa shape index (κ2) is 6.10. The van der Waals surface area contributed by atoms with Crippen LogP contribution in [0, 0.1) is 0 Å². The monoisotopic (exact) mass is 278 g/mol. The van der Waals surface area contributed by atoms with Crippen LogP contribution in [-0.4, -0.2) is 29.1 Å². The Balaban J connectivity index is 2.05. The topological polar surface area (TPSA) is 49.4 Å². The maximum atomic E-state index is 12.1. The molecule has 1 atom stereocenters. The number of hydrogen-bond donors (Lipinski definition) is 1. The molecule has 1 aliphatic heterocycles. The number of nitrogens with zero attached hydrogens (tertiary/aromatic N) is 1. The molecule has 102 valence electrons. The van der Waals surface area contributed by atoms with E-state index in [0.717, 1.165) is 12.0 Å². The van der Waals surface area contributed by atoms with Gasteiger partial charge in [-0.15, -0.1) is 11.8 Å². The number of nitrogens with one attached hydrogen (secondary N) is 1. The van der Waals surface area contributed by atoms with Gasteiger partial charge in [0.25, 0.3) is 5.91 Å². The minimum atomic E-state index is -0.344. The van der Waals surface area contributed by atoms with Gasteiger partial charge in [0, 0.05) is 4.90 Å². The lowest BCUT2D eigenvalue weighted by Crippen LogP contribution is -2.30. The van der Waals surface area contributed by atoms with Gasteiger partial charge >= 0.3 is 6.03 Å². The quantitative estimate of drug-likeness (QED) is 0.665. The fourth-order valence-electron chi connectivity index (χ4n) is 2.12. The van der Waals surface area contributed by atoms with Crippen molar-refractivity contribution >= 4 is 23.7 Å². The van der Waals surface area contributed by atoms with E-state index in [1.54, 1.807) is 11.8 Å².